The number of nitrogens with zero attached hydrogens (tertiary/aromatic N) is 2. The SMILES string of the molecule is C=CC(F)(F)c1ccccc1C(=O)N(C1CCCCCC1)[C@H]1CCN(C(=O)OC(C)(C)C)C1. The van der Waals surface area contributed by atoms with Crippen molar-refractivity contribution in [1.29, 1.82) is 0 Å². The van der Waals surface area contributed by atoms with Crippen molar-refractivity contribution in [3.8, 4) is 0 Å². The first-order chi connectivity index (χ1) is 15.5. The van der Waals surface area contributed by atoms with E-state index in [-0.39, 0.29) is 23.2 Å². The number of allylic oxidation sites excluding steroid dienone is 1. The molecule has 0 aromatic heterocycles. The van der Waals surface area contributed by atoms with Gasteiger partial charge in [-0.05, 0) is 52.2 Å². The van der Waals surface area contributed by atoms with Gasteiger partial charge in [0.05, 0.1) is 6.04 Å². The van der Waals surface area contributed by atoms with Gasteiger partial charge in [0.25, 0.3) is 11.8 Å². The molecule has 1 atom stereocenters. The zero-order chi connectivity index (χ0) is 24.2. The lowest BCUT2D eigenvalue weighted by molar-refractivity contribution is 0.0259. The maximum absolute atomic E-state index is 14.6. The Balaban J connectivity index is 1.91. The number of alkyl halides is 2. The van der Waals surface area contributed by atoms with Crippen molar-refractivity contribution in [3.63, 3.8) is 0 Å². The molecular weight excluding hydrogens is 426 g/mol. The molecule has 1 aromatic carbocycles. The lowest BCUT2D eigenvalue weighted by Gasteiger charge is -2.37. The molecule has 0 unspecified atom stereocenters. The molecule has 5 nitrogen and oxygen atoms in total. The minimum atomic E-state index is -3.31. The molecule has 33 heavy (non-hydrogen) atoms. The Morgan fingerprint density at radius 3 is 2.30 bits per heavy atom. The summed E-state index contributed by atoms with van der Waals surface area (Å²) in [5, 5.41) is 0. The van der Waals surface area contributed by atoms with Crippen molar-refractivity contribution < 1.29 is 23.1 Å². The summed E-state index contributed by atoms with van der Waals surface area (Å²) in [5.74, 6) is -3.70. The predicted octanol–water partition coefficient (Wildman–Crippen LogP) is 6.14. The molecule has 0 N–H and O–H groups in total. The van der Waals surface area contributed by atoms with Crippen LogP contribution in [0.15, 0.2) is 36.9 Å². The highest BCUT2D eigenvalue weighted by Crippen LogP contribution is 2.35. The van der Waals surface area contributed by atoms with Crippen LogP contribution < -0.4 is 0 Å². The Morgan fingerprint density at radius 2 is 1.70 bits per heavy atom. The fourth-order valence-corrected chi connectivity index (χ4v) is 4.84. The highest BCUT2D eigenvalue weighted by Gasteiger charge is 2.40. The van der Waals surface area contributed by atoms with Gasteiger partial charge in [-0.15, -0.1) is 0 Å². The average Bonchev–Trinajstić information content (AvgIpc) is 3.09. The molecule has 2 fully saturated rings. The van der Waals surface area contributed by atoms with Gasteiger partial charge in [0.2, 0.25) is 0 Å². The van der Waals surface area contributed by atoms with Crippen LogP contribution in [0.3, 0.4) is 0 Å². The van der Waals surface area contributed by atoms with E-state index in [1.165, 1.54) is 18.2 Å². The van der Waals surface area contributed by atoms with Crippen LogP contribution in [0, 0.1) is 0 Å². The summed E-state index contributed by atoms with van der Waals surface area (Å²) in [7, 11) is 0. The Kier molecular flexibility index (Phi) is 7.80. The first-order valence-electron chi connectivity index (χ1n) is 11.9. The van der Waals surface area contributed by atoms with Crippen LogP contribution in [0.25, 0.3) is 0 Å². The average molecular weight is 463 g/mol. The predicted molar refractivity (Wildman–Crippen MR) is 124 cm³/mol. The van der Waals surface area contributed by atoms with Crippen molar-refractivity contribution >= 4 is 12.0 Å². The summed E-state index contributed by atoms with van der Waals surface area (Å²) in [6, 6.07) is 5.62. The van der Waals surface area contributed by atoms with Gasteiger partial charge in [-0.3, -0.25) is 4.79 Å². The van der Waals surface area contributed by atoms with E-state index in [0.29, 0.717) is 25.6 Å². The lowest BCUT2D eigenvalue weighted by Crippen LogP contribution is -2.49. The first kappa shape index (κ1) is 25.2. The number of carbonyl (C=O) groups is 2. The number of ether oxygens (including phenoxy) is 1. The van der Waals surface area contributed by atoms with E-state index in [2.05, 4.69) is 6.58 Å². The third-order valence-corrected chi connectivity index (χ3v) is 6.43. The quantitative estimate of drug-likeness (QED) is 0.390. The lowest BCUT2D eigenvalue weighted by atomic mass is 9.97. The van der Waals surface area contributed by atoms with Gasteiger partial charge in [0.15, 0.2) is 0 Å². The highest BCUT2D eigenvalue weighted by molar-refractivity contribution is 5.96. The van der Waals surface area contributed by atoms with Gasteiger partial charge < -0.3 is 14.5 Å². The molecule has 1 saturated heterocycles. The zero-order valence-electron chi connectivity index (χ0n) is 20.0. The summed E-state index contributed by atoms with van der Waals surface area (Å²) in [6.07, 6.45) is 6.68. The number of rotatable bonds is 5. The third-order valence-electron chi connectivity index (χ3n) is 6.43. The minimum absolute atomic E-state index is 0.00219. The fourth-order valence-electron chi connectivity index (χ4n) is 4.84. The number of benzene rings is 1. The number of halogens is 2. The molecule has 1 aliphatic heterocycles. The van der Waals surface area contributed by atoms with E-state index < -0.39 is 23.5 Å². The number of carbonyl (C=O) groups excluding carboxylic acids is 2. The van der Waals surface area contributed by atoms with Gasteiger partial charge in [-0.1, -0.05) is 50.5 Å². The molecular formula is C26H36F2N2O3. The minimum Gasteiger partial charge on any atom is -0.444 e. The number of amides is 2. The molecule has 182 valence electrons. The molecule has 1 heterocycles. The second kappa shape index (κ2) is 10.2. The number of hydrogen-bond acceptors (Lipinski definition) is 3. The largest absolute Gasteiger partial charge is 0.444 e. The summed E-state index contributed by atoms with van der Waals surface area (Å²) in [6.45, 7) is 9.52. The smallest absolute Gasteiger partial charge is 0.410 e. The molecule has 1 aromatic rings. The van der Waals surface area contributed by atoms with Gasteiger partial charge >= 0.3 is 6.09 Å². The maximum Gasteiger partial charge on any atom is 0.410 e. The molecule has 2 aliphatic rings. The van der Waals surface area contributed by atoms with Crippen LogP contribution >= 0.6 is 0 Å². The number of hydrogen-bond donors (Lipinski definition) is 0. The van der Waals surface area contributed by atoms with E-state index >= 15 is 0 Å². The highest BCUT2D eigenvalue weighted by atomic mass is 19.3. The van der Waals surface area contributed by atoms with Crippen LogP contribution in [-0.4, -0.2) is 52.6 Å². The van der Waals surface area contributed by atoms with Gasteiger partial charge in [-0.2, -0.15) is 8.78 Å². The maximum atomic E-state index is 14.6. The van der Waals surface area contributed by atoms with E-state index in [1.807, 2.05) is 20.8 Å². The van der Waals surface area contributed by atoms with Crippen LogP contribution in [0.1, 0.15) is 81.6 Å². The Bertz CT molecular complexity index is 857. The van der Waals surface area contributed by atoms with Crippen molar-refractivity contribution in [3.05, 3.63) is 48.0 Å². The molecule has 1 aliphatic carbocycles. The van der Waals surface area contributed by atoms with Crippen molar-refractivity contribution in [2.24, 2.45) is 0 Å². The molecule has 2 amide bonds. The van der Waals surface area contributed by atoms with Crippen LogP contribution in [0.5, 0.6) is 0 Å². The van der Waals surface area contributed by atoms with Crippen molar-refractivity contribution in [1.82, 2.24) is 9.80 Å². The Hall–Kier alpha value is -2.44. The van der Waals surface area contributed by atoms with Crippen molar-refractivity contribution in [2.75, 3.05) is 13.1 Å². The molecule has 0 spiro atoms. The Morgan fingerprint density at radius 1 is 1.06 bits per heavy atom. The monoisotopic (exact) mass is 462 g/mol. The van der Waals surface area contributed by atoms with Crippen LogP contribution in [0.4, 0.5) is 13.6 Å². The molecule has 0 bridgehead atoms. The number of likely N-dealkylation sites (tertiary alicyclic amines) is 1. The molecule has 1 saturated carbocycles. The van der Waals surface area contributed by atoms with Gasteiger partial charge in [0, 0.05) is 30.3 Å². The summed E-state index contributed by atoms with van der Waals surface area (Å²) < 4.78 is 34.8. The molecule has 3 rings (SSSR count). The topological polar surface area (TPSA) is 49.9 Å². The first-order valence-corrected chi connectivity index (χ1v) is 11.9. The van der Waals surface area contributed by atoms with Gasteiger partial charge in [0.1, 0.15) is 5.60 Å². The van der Waals surface area contributed by atoms with Crippen LogP contribution in [-0.2, 0) is 10.7 Å². The van der Waals surface area contributed by atoms with E-state index in [1.54, 1.807) is 15.9 Å². The van der Waals surface area contributed by atoms with Gasteiger partial charge in [-0.25, -0.2) is 4.79 Å². The van der Waals surface area contributed by atoms with Crippen LogP contribution in [0.2, 0.25) is 0 Å². The summed E-state index contributed by atoms with van der Waals surface area (Å²) in [5.41, 5.74) is -0.936. The zero-order valence-corrected chi connectivity index (χ0v) is 20.0. The van der Waals surface area contributed by atoms with E-state index in [0.717, 1.165) is 38.5 Å². The second-order valence-corrected chi connectivity index (χ2v) is 10.1. The third kappa shape index (κ3) is 6.12. The Labute approximate surface area is 195 Å². The summed E-state index contributed by atoms with van der Waals surface area (Å²) >= 11 is 0. The second-order valence-electron chi connectivity index (χ2n) is 10.1. The standard InChI is InChI=1S/C26H36F2N2O3/c1-5-26(27,28)22-15-11-10-14-21(22)23(31)30(19-12-8-6-7-9-13-19)20-16-17-29(18-20)24(32)33-25(2,3)4/h5,10-11,14-15,19-20H,1,6-9,12-13,16-18H2,2-4H3/t20-/m0/s1. The fraction of sp³-hybridized carbons (Fsp3) is 0.615. The molecule has 0 radical (unpaired) electrons. The van der Waals surface area contributed by atoms with E-state index in [4.69, 9.17) is 4.74 Å². The van der Waals surface area contributed by atoms with E-state index in [9.17, 15) is 18.4 Å². The molecule has 7 heteroatoms. The van der Waals surface area contributed by atoms with Crippen molar-refractivity contribution in [2.45, 2.75) is 89.3 Å². The normalized spacial score (nSPS) is 20.3. The summed E-state index contributed by atoms with van der Waals surface area (Å²) in [4.78, 5) is 29.9.